The first kappa shape index (κ1) is 17.9. The van der Waals surface area contributed by atoms with Crippen molar-refractivity contribution < 1.29 is 18.1 Å². The molecule has 2 aromatic carbocycles. The van der Waals surface area contributed by atoms with Gasteiger partial charge in [0, 0.05) is 18.2 Å². The van der Waals surface area contributed by atoms with Gasteiger partial charge in [0.05, 0.1) is 16.9 Å². The highest BCUT2D eigenvalue weighted by molar-refractivity contribution is 7.89. The van der Waals surface area contributed by atoms with E-state index in [1.807, 2.05) is 0 Å². The normalized spacial score (nSPS) is 12.6. The van der Waals surface area contributed by atoms with E-state index >= 15 is 0 Å². The van der Waals surface area contributed by atoms with Crippen LogP contribution in [0, 0.1) is 17.0 Å². The number of nitrogens with zero attached hydrogens (tertiary/aromatic N) is 1. The van der Waals surface area contributed by atoms with Crippen LogP contribution in [0.15, 0.2) is 47.4 Å². The number of sulfonamides is 1. The van der Waals surface area contributed by atoms with Gasteiger partial charge in [-0.15, -0.1) is 0 Å². The highest BCUT2D eigenvalue weighted by Crippen LogP contribution is 2.24. The number of aryl methyl sites for hydroxylation is 1. The monoisotopic (exact) mass is 350 g/mol. The Labute approximate surface area is 140 Å². The molecular formula is C16H18N2O5S. The zero-order valence-electron chi connectivity index (χ0n) is 13.5. The minimum absolute atomic E-state index is 0.0999. The molecule has 1 N–H and O–H groups in total. The van der Waals surface area contributed by atoms with Crippen LogP contribution in [0.2, 0.25) is 0 Å². The summed E-state index contributed by atoms with van der Waals surface area (Å²) in [7, 11) is -2.35. The molecule has 8 heteroatoms. The molecule has 0 aliphatic heterocycles. The summed E-state index contributed by atoms with van der Waals surface area (Å²) in [6.07, 6.45) is 0. The number of nitro groups is 1. The van der Waals surface area contributed by atoms with Gasteiger partial charge in [-0.3, -0.25) is 10.1 Å². The number of ether oxygens (including phenoxy) is 1. The van der Waals surface area contributed by atoms with Crippen LogP contribution < -0.4 is 9.46 Å². The van der Waals surface area contributed by atoms with Crippen LogP contribution in [0.3, 0.4) is 0 Å². The van der Waals surface area contributed by atoms with Crippen molar-refractivity contribution in [3.8, 4) is 5.75 Å². The van der Waals surface area contributed by atoms with Crippen molar-refractivity contribution in [2.24, 2.45) is 0 Å². The highest BCUT2D eigenvalue weighted by Gasteiger charge is 2.23. The molecule has 0 radical (unpaired) electrons. The SMILES string of the molecule is COc1ccc(C(C)NS(=O)(=O)c2cc([N+](=O)[O-])ccc2C)cc1. The van der Waals surface area contributed by atoms with Crippen LogP contribution >= 0.6 is 0 Å². The van der Waals surface area contributed by atoms with Crippen LogP contribution in [-0.2, 0) is 10.0 Å². The lowest BCUT2D eigenvalue weighted by molar-refractivity contribution is -0.385. The molecule has 0 saturated carbocycles. The molecule has 0 bridgehead atoms. The molecule has 1 atom stereocenters. The second-order valence-electron chi connectivity index (χ2n) is 5.32. The quantitative estimate of drug-likeness (QED) is 0.638. The Morgan fingerprint density at radius 1 is 1.17 bits per heavy atom. The fourth-order valence-electron chi connectivity index (χ4n) is 2.25. The van der Waals surface area contributed by atoms with E-state index in [1.165, 1.54) is 12.1 Å². The van der Waals surface area contributed by atoms with Crippen molar-refractivity contribution in [3.63, 3.8) is 0 Å². The minimum atomic E-state index is -3.90. The molecule has 0 aliphatic carbocycles. The molecule has 0 amide bonds. The van der Waals surface area contributed by atoms with Crippen LogP contribution in [0.5, 0.6) is 5.75 Å². The molecule has 1 unspecified atom stereocenters. The smallest absolute Gasteiger partial charge is 0.270 e. The molecule has 2 rings (SSSR count). The summed E-state index contributed by atoms with van der Waals surface area (Å²) in [5, 5.41) is 10.9. The number of rotatable bonds is 6. The number of methoxy groups -OCH3 is 1. The highest BCUT2D eigenvalue weighted by atomic mass is 32.2. The third kappa shape index (κ3) is 3.90. The second kappa shape index (κ2) is 6.98. The molecule has 0 aliphatic rings. The second-order valence-corrected chi connectivity index (χ2v) is 7.01. The molecule has 0 spiro atoms. The molecule has 2 aromatic rings. The summed E-state index contributed by atoms with van der Waals surface area (Å²) in [5.74, 6) is 0.670. The van der Waals surface area contributed by atoms with E-state index in [1.54, 1.807) is 45.2 Å². The Bertz CT molecular complexity index is 847. The van der Waals surface area contributed by atoms with Gasteiger partial charge in [-0.2, -0.15) is 0 Å². The molecule has 7 nitrogen and oxygen atoms in total. The van der Waals surface area contributed by atoms with E-state index in [2.05, 4.69) is 4.72 Å². The number of non-ortho nitro benzene ring substituents is 1. The molecular weight excluding hydrogens is 332 g/mol. The number of hydrogen-bond donors (Lipinski definition) is 1. The molecule has 24 heavy (non-hydrogen) atoms. The van der Waals surface area contributed by atoms with E-state index in [0.717, 1.165) is 11.6 Å². The third-order valence-corrected chi connectivity index (χ3v) is 5.30. The van der Waals surface area contributed by atoms with E-state index in [0.29, 0.717) is 11.3 Å². The lowest BCUT2D eigenvalue weighted by atomic mass is 10.1. The summed E-state index contributed by atoms with van der Waals surface area (Å²) in [5.41, 5.74) is 0.926. The van der Waals surface area contributed by atoms with Gasteiger partial charge in [0.25, 0.3) is 5.69 Å². The first-order chi connectivity index (χ1) is 11.2. The summed E-state index contributed by atoms with van der Waals surface area (Å²) < 4.78 is 32.8. The average Bonchev–Trinajstić information content (AvgIpc) is 2.54. The predicted molar refractivity (Wildman–Crippen MR) is 89.6 cm³/mol. The van der Waals surface area contributed by atoms with E-state index in [9.17, 15) is 18.5 Å². The minimum Gasteiger partial charge on any atom is -0.497 e. The zero-order valence-corrected chi connectivity index (χ0v) is 14.3. The third-order valence-electron chi connectivity index (χ3n) is 3.62. The Morgan fingerprint density at radius 2 is 1.79 bits per heavy atom. The van der Waals surface area contributed by atoms with E-state index in [-0.39, 0.29) is 10.6 Å². The van der Waals surface area contributed by atoms with E-state index in [4.69, 9.17) is 4.74 Å². The first-order valence-electron chi connectivity index (χ1n) is 7.16. The summed E-state index contributed by atoms with van der Waals surface area (Å²) >= 11 is 0. The van der Waals surface area contributed by atoms with Crippen molar-refractivity contribution in [3.05, 3.63) is 63.7 Å². The Morgan fingerprint density at radius 3 is 2.33 bits per heavy atom. The largest absolute Gasteiger partial charge is 0.497 e. The van der Waals surface area contributed by atoms with Gasteiger partial charge in [-0.1, -0.05) is 18.2 Å². The fraction of sp³-hybridized carbons (Fsp3) is 0.250. The molecule has 0 saturated heterocycles. The van der Waals surface area contributed by atoms with Gasteiger partial charge >= 0.3 is 0 Å². The maximum absolute atomic E-state index is 12.6. The van der Waals surface area contributed by atoms with Crippen LogP contribution in [0.4, 0.5) is 5.69 Å². The van der Waals surface area contributed by atoms with Gasteiger partial charge in [-0.25, -0.2) is 13.1 Å². The van der Waals surface area contributed by atoms with Crippen molar-refractivity contribution in [1.82, 2.24) is 4.72 Å². The van der Waals surface area contributed by atoms with Gasteiger partial charge in [-0.05, 0) is 37.1 Å². The molecule has 0 heterocycles. The standard InChI is InChI=1S/C16H18N2O5S/c1-11-4-7-14(18(19)20)10-16(11)24(21,22)17-12(2)13-5-8-15(23-3)9-6-13/h4-10,12,17H,1-3H3. The van der Waals surface area contributed by atoms with Crippen LogP contribution in [-0.4, -0.2) is 20.5 Å². The number of nitro benzene ring substituents is 1. The van der Waals surface area contributed by atoms with Crippen LogP contribution in [0.1, 0.15) is 24.1 Å². The average molecular weight is 350 g/mol. The topological polar surface area (TPSA) is 98.5 Å². The Kier molecular flexibility index (Phi) is 5.20. The summed E-state index contributed by atoms with van der Waals surface area (Å²) in [6.45, 7) is 3.29. The number of hydrogen-bond acceptors (Lipinski definition) is 5. The zero-order chi connectivity index (χ0) is 17.9. The lowest BCUT2D eigenvalue weighted by Crippen LogP contribution is -2.27. The molecule has 128 valence electrons. The number of nitrogens with one attached hydrogen (secondary N) is 1. The lowest BCUT2D eigenvalue weighted by Gasteiger charge is -2.16. The summed E-state index contributed by atoms with van der Waals surface area (Å²) in [4.78, 5) is 10.2. The molecule has 0 aromatic heterocycles. The predicted octanol–water partition coefficient (Wildman–Crippen LogP) is 2.95. The van der Waals surface area contributed by atoms with Crippen LogP contribution in [0.25, 0.3) is 0 Å². The van der Waals surface area contributed by atoms with Crippen molar-refractivity contribution in [2.75, 3.05) is 7.11 Å². The van der Waals surface area contributed by atoms with Crippen molar-refractivity contribution >= 4 is 15.7 Å². The van der Waals surface area contributed by atoms with Crippen molar-refractivity contribution in [2.45, 2.75) is 24.8 Å². The van der Waals surface area contributed by atoms with Gasteiger partial charge in [0.15, 0.2) is 0 Å². The summed E-state index contributed by atoms with van der Waals surface area (Å²) in [6, 6.07) is 10.3. The van der Waals surface area contributed by atoms with Gasteiger partial charge in [0.2, 0.25) is 10.0 Å². The Hall–Kier alpha value is -2.45. The van der Waals surface area contributed by atoms with Crippen molar-refractivity contribution in [1.29, 1.82) is 0 Å². The maximum atomic E-state index is 12.6. The maximum Gasteiger partial charge on any atom is 0.270 e. The Balaban J connectivity index is 2.30. The van der Waals surface area contributed by atoms with E-state index < -0.39 is 21.0 Å². The van der Waals surface area contributed by atoms with Gasteiger partial charge < -0.3 is 4.74 Å². The molecule has 0 fully saturated rings. The fourth-order valence-corrected chi connectivity index (χ4v) is 3.75. The number of benzene rings is 2. The van der Waals surface area contributed by atoms with Gasteiger partial charge in [0.1, 0.15) is 5.75 Å². The first-order valence-corrected chi connectivity index (χ1v) is 8.64.